The molecule has 4 heteroatoms. The Balaban J connectivity index is 2.62. The summed E-state index contributed by atoms with van der Waals surface area (Å²) in [5.41, 5.74) is 3.06. The molecule has 0 aliphatic rings. The maximum atomic E-state index is 14.2. The number of nitrogens with one attached hydrogen (secondary N) is 1. The Labute approximate surface area is 126 Å². The van der Waals surface area contributed by atoms with Gasteiger partial charge in [0.15, 0.2) is 0 Å². The van der Waals surface area contributed by atoms with Crippen LogP contribution in [0.1, 0.15) is 28.3 Å². The van der Waals surface area contributed by atoms with Crippen LogP contribution < -0.4 is 5.32 Å². The monoisotopic (exact) mass is 339 g/mol. The van der Waals surface area contributed by atoms with Gasteiger partial charge < -0.3 is 5.32 Å². The molecular formula is C16H16BrF2N. The van der Waals surface area contributed by atoms with Crippen molar-refractivity contribution in [3.8, 4) is 0 Å². The average molecular weight is 340 g/mol. The fourth-order valence-corrected chi connectivity index (χ4v) is 2.77. The third-order valence-electron chi connectivity index (χ3n) is 3.58. The first kappa shape index (κ1) is 15.1. The zero-order valence-corrected chi connectivity index (χ0v) is 13.2. The molecule has 0 heterocycles. The first-order valence-corrected chi connectivity index (χ1v) is 7.12. The van der Waals surface area contributed by atoms with E-state index in [1.165, 1.54) is 12.1 Å². The van der Waals surface area contributed by atoms with Gasteiger partial charge in [0, 0.05) is 10.0 Å². The minimum atomic E-state index is -0.558. The summed E-state index contributed by atoms with van der Waals surface area (Å²) in [7, 11) is 1.70. The highest BCUT2D eigenvalue weighted by atomic mass is 79.9. The van der Waals surface area contributed by atoms with Crippen LogP contribution in [0.5, 0.6) is 0 Å². The van der Waals surface area contributed by atoms with Gasteiger partial charge in [-0.15, -0.1) is 0 Å². The number of benzene rings is 2. The predicted octanol–water partition coefficient (Wildman–Crippen LogP) is 4.65. The lowest BCUT2D eigenvalue weighted by Gasteiger charge is -2.21. The van der Waals surface area contributed by atoms with Crippen LogP contribution >= 0.6 is 15.9 Å². The van der Waals surface area contributed by atoms with E-state index in [0.29, 0.717) is 4.47 Å². The van der Waals surface area contributed by atoms with E-state index < -0.39 is 17.7 Å². The minimum absolute atomic E-state index is 0.0457. The van der Waals surface area contributed by atoms with Gasteiger partial charge in [-0.25, -0.2) is 8.78 Å². The highest BCUT2D eigenvalue weighted by Gasteiger charge is 2.22. The molecule has 0 saturated heterocycles. The molecule has 1 atom stereocenters. The average Bonchev–Trinajstić information content (AvgIpc) is 2.37. The summed E-state index contributed by atoms with van der Waals surface area (Å²) in [6.45, 7) is 3.95. The van der Waals surface area contributed by atoms with Crippen LogP contribution in [-0.4, -0.2) is 7.05 Å². The predicted molar refractivity (Wildman–Crippen MR) is 80.9 cm³/mol. The zero-order chi connectivity index (χ0) is 14.9. The molecule has 0 fully saturated rings. The highest BCUT2D eigenvalue weighted by Crippen LogP contribution is 2.31. The number of rotatable bonds is 3. The van der Waals surface area contributed by atoms with Crippen molar-refractivity contribution in [2.75, 3.05) is 7.05 Å². The topological polar surface area (TPSA) is 12.0 Å². The normalized spacial score (nSPS) is 12.5. The van der Waals surface area contributed by atoms with Gasteiger partial charge in [-0.05, 0) is 49.7 Å². The molecule has 0 bridgehead atoms. The second-order valence-electron chi connectivity index (χ2n) is 4.79. The summed E-state index contributed by atoms with van der Waals surface area (Å²) in [6, 6.07) is 7.84. The van der Waals surface area contributed by atoms with Crippen LogP contribution in [0.4, 0.5) is 8.78 Å². The molecule has 20 heavy (non-hydrogen) atoms. The third kappa shape index (κ3) is 2.76. The summed E-state index contributed by atoms with van der Waals surface area (Å²) in [6.07, 6.45) is 0. The van der Waals surface area contributed by atoms with Gasteiger partial charge in [-0.1, -0.05) is 34.1 Å². The maximum absolute atomic E-state index is 14.2. The van der Waals surface area contributed by atoms with Crippen molar-refractivity contribution in [1.82, 2.24) is 5.32 Å². The SMILES string of the molecule is CNC(c1cccc(C)c1C)c1c(F)cc(Br)cc1F. The lowest BCUT2D eigenvalue weighted by Crippen LogP contribution is -2.21. The second kappa shape index (κ2) is 6.02. The Morgan fingerprint density at radius 1 is 1.10 bits per heavy atom. The molecule has 0 radical (unpaired) electrons. The Hall–Kier alpha value is -1.26. The molecule has 2 rings (SSSR count). The summed E-state index contributed by atoms with van der Waals surface area (Å²) in [5.74, 6) is -1.12. The van der Waals surface area contributed by atoms with Crippen LogP contribution in [-0.2, 0) is 0 Å². The van der Waals surface area contributed by atoms with Crippen molar-refractivity contribution in [3.05, 3.63) is 68.7 Å². The van der Waals surface area contributed by atoms with Crippen LogP contribution in [0.2, 0.25) is 0 Å². The smallest absolute Gasteiger partial charge is 0.132 e. The molecular weight excluding hydrogens is 324 g/mol. The molecule has 2 aromatic rings. The molecule has 1 N–H and O–H groups in total. The van der Waals surface area contributed by atoms with Crippen LogP contribution in [0.15, 0.2) is 34.8 Å². The molecule has 0 saturated carbocycles. The van der Waals surface area contributed by atoms with Gasteiger partial charge in [0.25, 0.3) is 0 Å². The number of hydrogen-bond acceptors (Lipinski definition) is 1. The number of aryl methyl sites for hydroxylation is 1. The molecule has 1 unspecified atom stereocenters. The van der Waals surface area contributed by atoms with Gasteiger partial charge in [0.1, 0.15) is 11.6 Å². The molecule has 0 aliphatic carbocycles. The minimum Gasteiger partial charge on any atom is -0.309 e. The quantitative estimate of drug-likeness (QED) is 0.857. The molecule has 0 aliphatic heterocycles. The number of hydrogen-bond donors (Lipinski definition) is 1. The van der Waals surface area contributed by atoms with E-state index in [0.717, 1.165) is 16.7 Å². The standard InChI is InChI=1S/C16H16BrF2N/c1-9-5-4-6-12(10(9)2)16(20-3)15-13(18)7-11(17)8-14(15)19/h4-8,16,20H,1-3H3. The Bertz CT molecular complexity index is 617. The Morgan fingerprint density at radius 2 is 1.70 bits per heavy atom. The third-order valence-corrected chi connectivity index (χ3v) is 4.04. The van der Waals surface area contributed by atoms with Crippen molar-refractivity contribution >= 4 is 15.9 Å². The van der Waals surface area contributed by atoms with Crippen molar-refractivity contribution in [1.29, 1.82) is 0 Å². The van der Waals surface area contributed by atoms with E-state index in [1.54, 1.807) is 7.05 Å². The largest absolute Gasteiger partial charge is 0.309 e. The van der Waals surface area contributed by atoms with Gasteiger partial charge in [-0.2, -0.15) is 0 Å². The summed E-state index contributed by atoms with van der Waals surface area (Å²) in [5, 5.41) is 3.01. The van der Waals surface area contributed by atoms with E-state index in [9.17, 15) is 8.78 Å². The van der Waals surface area contributed by atoms with Gasteiger partial charge in [-0.3, -0.25) is 0 Å². The lowest BCUT2D eigenvalue weighted by molar-refractivity contribution is 0.520. The Kier molecular flexibility index (Phi) is 4.55. The molecule has 0 aromatic heterocycles. The second-order valence-corrected chi connectivity index (χ2v) is 5.71. The van der Waals surface area contributed by atoms with Gasteiger partial charge in [0.05, 0.1) is 6.04 Å². The van der Waals surface area contributed by atoms with Crippen molar-refractivity contribution in [3.63, 3.8) is 0 Å². The van der Waals surface area contributed by atoms with Crippen LogP contribution in [0.3, 0.4) is 0 Å². The van der Waals surface area contributed by atoms with Gasteiger partial charge >= 0.3 is 0 Å². The molecule has 2 aromatic carbocycles. The summed E-state index contributed by atoms with van der Waals surface area (Å²) < 4.78 is 28.7. The first-order valence-electron chi connectivity index (χ1n) is 6.33. The number of halogens is 3. The van der Waals surface area contributed by atoms with Gasteiger partial charge in [0.2, 0.25) is 0 Å². The molecule has 106 valence electrons. The van der Waals surface area contributed by atoms with Crippen LogP contribution in [0.25, 0.3) is 0 Å². The summed E-state index contributed by atoms with van der Waals surface area (Å²) >= 11 is 3.10. The fourth-order valence-electron chi connectivity index (χ4n) is 2.37. The maximum Gasteiger partial charge on any atom is 0.132 e. The van der Waals surface area contributed by atoms with Crippen LogP contribution in [0, 0.1) is 25.5 Å². The van der Waals surface area contributed by atoms with Crippen molar-refractivity contribution in [2.24, 2.45) is 0 Å². The van der Waals surface area contributed by atoms with E-state index in [-0.39, 0.29) is 5.56 Å². The molecule has 1 nitrogen and oxygen atoms in total. The zero-order valence-electron chi connectivity index (χ0n) is 11.6. The van der Waals surface area contributed by atoms with Crippen molar-refractivity contribution in [2.45, 2.75) is 19.9 Å². The van der Waals surface area contributed by atoms with E-state index in [1.807, 2.05) is 32.0 Å². The van der Waals surface area contributed by atoms with E-state index in [2.05, 4.69) is 21.2 Å². The van der Waals surface area contributed by atoms with Crippen molar-refractivity contribution < 1.29 is 8.78 Å². The molecule has 0 spiro atoms. The Morgan fingerprint density at radius 3 is 2.25 bits per heavy atom. The highest BCUT2D eigenvalue weighted by molar-refractivity contribution is 9.10. The molecule has 0 amide bonds. The summed E-state index contributed by atoms with van der Waals surface area (Å²) in [4.78, 5) is 0. The van der Waals surface area contributed by atoms with E-state index in [4.69, 9.17) is 0 Å². The first-order chi connectivity index (χ1) is 9.45. The van der Waals surface area contributed by atoms with E-state index >= 15 is 0 Å². The fraction of sp³-hybridized carbons (Fsp3) is 0.250. The lowest BCUT2D eigenvalue weighted by atomic mass is 9.92.